The zero-order chi connectivity index (χ0) is 18.5. The third kappa shape index (κ3) is 3.54. The molecule has 1 aliphatic rings. The van der Waals surface area contributed by atoms with Gasteiger partial charge in [-0.15, -0.1) is 0 Å². The van der Waals surface area contributed by atoms with E-state index in [1.165, 1.54) is 14.2 Å². The topological polar surface area (TPSA) is 66.3 Å². The minimum Gasteiger partial charge on any atom is -0.496 e. The second-order valence-electron chi connectivity index (χ2n) is 5.38. The zero-order valence-corrected chi connectivity index (χ0v) is 14.8. The van der Waals surface area contributed by atoms with Gasteiger partial charge in [0.25, 0.3) is 0 Å². The summed E-state index contributed by atoms with van der Waals surface area (Å²) in [7, 11) is 3.07. The Balaban J connectivity index is 1.95. The first-order valence-corrected chi connectivity index (χ1v) is 8.13. The van der Waals surface area contributed by atoms with Gasteiger partial charge in [-0.2, -0.15) is 0 Å². The Hall–Kier alpha value is -3.28. The van der Waals surface area contributed by atoms with Crippen LogP contribution in [0.1, 0.15) is 18.1 Å². The number of methoxy groups -OCH3 is 2. The van der Waals surface area contributed by atoms with Crippen molar-refractivity contribution in [1.82, 2.24) is 0 Å². The Labute approximate surface area is 151 Å². The molecule has 6 heteroatoms. The van der Waals surface area contributed by atoms with Crippen LogP contribution in [0.3, 0.4) is 0 Å². The van der Waals surface area contributed by atoms with E-state index in [0.29, 0.717) is 23.7 Å². The molecule has 134 valence electrons. The lowest BCUT2D eigenvalue weighted by molar-refractivity contribution is -0.129. The Bertz CT molecular complexity index is 846. The summed E-state index contributed by atoms with van der Waals surface area (Å²) in [5.41, 5.74) is 1.52. The van der Waals surface area contributed by atoms with E-state index in [1.807, 2.05) is 31.2 Å². The lowest BCUT2D eigenvalue weighted by Crippen LogP contribution is -2.08. The fourth-order valence-electron chi connectivity index (χ4n) is 2.56. The van der Waals surface area contributed by atoms with E-state index in [9.17, 15) is 4.79 Å². The summed E-state index contributed by atoms with van der Waals surface area (Å²) in [5.74, 6) is 1.42. The molecule has 2 aromatic rings. The quantitative estimate of drug-likeness (QED) is 0.588. The van der Waals surface area contributed by atoms with Gasteiger partial charge in [-0.1, -0.05) is 18.2 Å². The number of benzene rings is 2. The smallest absolute Gasteiger partial charge is 0.363 e. The number of hydrogen-bond acceptors (Lipinski definition) is 6. The number of ether oxygens (including phenoxy) is 4. The van der Waals surface area contributed by atoms with Gasteiger partial charge in [0, 0.05) is 0 Å². The minimum absolute atomic E-state index is 0.154. The highest BCUT2D eigenvalue weighted by atomic mass is 16.6. The zero-order valence-electron chi connectivity index (χ0n) is 14.8. The normalized spacial score (nSPS) is 14.8. The number of esters is 1. The molecular formula is C20H19NO5. The molecule has 1 aliphatic heterocycles. The Kier molecular flexibility index (Phi) is 5.22. The minimum atomic E-state index is -0.526. The molecule has 2 aromatic carbocycles. The van der Waals surface area contributed by atoms with Crippen LogP contribution < -0.4 is 14.2 Å². The summed E-state index contributed by atoms with van der Waals surface area (Å²) in [6.45, 7) is 2.52. The van der Waals surface area contributed by atoms with E-state index < -0.39 is 5.97 Å². The van der Waals surface area contributed by atoms with Gasteiger partial charge in [0.2, 0.25) is 5.90 Å². The van der Waals surface area contributed by atoms with Gasteiger partial charge in [-0.3, -0.25) is 0 Å². The summed E-state index contributed by atoms with van der Waals surface area (Å²) in [6, 6.07) is 12.7. The second-order valence-corrected chi connectivity index (χ2v) is 5.38. The molecule has 0 unspecified atom stereocenters. The summed E-state index contributed by atoms with van der Waals surface area (Å²) >= 11 is 0. The molecule has 0 aromatic heterocycles. The number of aliphatic imine (C=N–C) groups is 1. The highest BCUT2D eigenvalue weighted by molar-refractivity contribution is 6.14. The maximum atomic E-state index is 12.2. The first-order chi connectivity index (χ1) is 12.7. The summed E-state index contributed by atoms with van der Waals surface area (Å²) in [4.78, 5) is 16.5. The molecule has 6 nitrogen and oxygen atoms in total. The molecule has 26 heavy (non-hydrogen) atoms. The van der Waals surface area contributed by atoms with Gasteiger partial charge in [-0.05, 0) is 42.8 Å². The van der Waals surface area contributed by atoms with Crippen molar-refractivity contribution in [2.24, 2.45) is 4.99 Å². The van der Waals surface area contributed by atoms with Crippen LogP contribution in [-0.2, 0) is 9.53 Å². The van der Waals surface area contributed by atoms with Crippen LogP contribution in [0.2, 0.25) is 0 Å². The number of cyclic esters (lactones) is 1. The molecule has 0 saturated heterocycles. The fraction of sp³-hybridized carbons (Fsp3) is 0.200. The van der Waals surface area contributed by atoms with E-state index in [0.717, 1.165) is 11.3 Å². The van der Waals surface area contributed by atoms with Crippen molar-refractivity contribution in [1.29, 1.82) is 0 Å². The van der Waals surface area contributed by atoms with Crippen molar-refractivity contribution in [3.05, 3.63) is 59.3 Å². The third-order valence-electron chi connectivity index (χ3n) is 3.76. The average Bonchev–Trinajstić information content (AvgIpc) is 3.02. The van der Waals surface area contributed by atoms with Gasteiger partial charge in [0.05, 0.1) is 20.8 Å². The van der Waals surface area contributed by atoms with Gasteiger partial charge in [-0.25, -0.2) is 9.79 Å². The molecule has 0 atom stereocenters. The molecule has 0 N–H and O–H groups in total. The van der Waals surface area contributed by atoms with Gasteiger partial charge < -0.3 is 18.9 Å². The number of rotatable bonds is 6. The number of hydrogen-bond donors (Lipinski definition) is 0. The molecule has 0 fully saturated rings. The Morgan fingerprint density at radius 3 is 2.27 bits per heavy atom. The predicted octanol–water partition coefficient (Wildman–Crippen LogP) is 3.45. The number of nitrogens with zero attached hydrogens (tertiary/aromatic N) is 1. The lowest BCUT2D eigenvalue weighted by atomic mass is 10.1. The van der Waals surface area contributed by atoms with Crippen molar-refractivity contribution in [2.75, 3.05) is 20.8 Å². The molecule has 0 aliphatic carbocycles. The van der Waals surface area contributed by atoms with Crippen molar-refractivity contribution < 1.29 is 23.7 Å². The summed E-state index contributed by atoms with van der Waals surface area (Å²) < 4.78 is 21.4. The van der Waals surface area contributed by atoms with E-state index in [2.05, 4.69) is 4.99 Å². The van der Waals surface area contributed by atoms with Crippen molar-refractivity contribution in [3.8, 4) is 17.2 Å². The molecule has 0 amide bonds. The van der Waals surface area contributed by atoms with Crippen LogP contribution in [0.15, 0.2) is 53.2 Å². The Morgan fingerprint density at radius 1 is 1.04 bits per heavy atom. The molecule has 0 radical (unpaired) electrons. The van der Waals surface area contributed by atoms with Crippen LogP contribution >= 0.6 is 0 Å². The highest BCUT2D eigenvalue weighted by Crippen LogP contribution is 2.32. The maximum absolute atomic E-state index is 12.2. The summed E-state index contributed by atoms with van der Waals surface area (Å²) in [6.07, 6.45) is 1.66. The first kappa shape index (κ1) is 17.5. The standard InChI is InChI=1S/C20H19NO5/c1-4-25-14-10-8-13(9-11-14)12-15-20(22)26-19(21-15)18-16(23-2)6-5-7-17(18)24-3/h5-12H,4H2,1-3H3/b15-12+. The fourth-order valence-corrected chi connectivity index (χ4v) is 2.56. The molecule has 0 spiro atoms. The molecular weight excluding hydrogens is 334 g/mol. The van der Waals surface area contributed by atoms with Gasteiger partial charge >= 0.3 is 5.97 Å². The SMILES string of the molecule is CCOc1ccc(/C=C2/N=C(c3c(OC)cccc3OC)OC2=O)cc1. The van der Waals surface area contributed by atoms with E-state index >= 15 is 0 Å². The van der Waals surface area contributed by atoms with Crippen LogP contribution in [0.25, 0.3) is 6.08 Å². The average molecular weight is 353 g/mol. The van der Waals surface area contributed by atoms with Crippen LogP contribution in [0, 0.1) is 0 Å². The van der Waals surface area contributed by atoms with E-state index in [1.54, 1.807) is 24.3 Å². The molecule has 3 rings (SSSR count). The summed E-state index contributed by atoms with van der Waals surface area (Å²) in [5, 5.41) is 0. The number of carbonyl (C=O) groups excluding carboxylic acids is 1. The monoisotopic (exact) mass is 353 g/mol. The number of carbonyl (C=O) groups is 1. The van der Waals surface area contributed by atoms with Crippen molar-refractivity contribution in [2.45, 2.75) is 6.92 Å². The van der Waals surface area contributed by atoms with Crippen molar-refractivity contribution in [3.63, 3.8) is 0 Å². The van der Waals surface area contributed by atoms with Gasteiger partial charge in [0.1, 0.15) is 22.8 Å². The maximum Gasteiger partial charge on any atom is 0.363 e. The second kappa shape index (κ2) is 7.74. The van der Waals surface area contributed by atoms with Crippen LogP contribution in [0.5, 0.6) is 17.2 Å². The van der Waals surface area contributed by atoms with Gasteiger partial charge in [0.15, 0.2) is 5.70 Å². The Morgan fingerprint density at radius 2 is 1.69 bits per heavy atom. The molecule has 0 saturated carbocycles. The first-order valence-electron chi connectivity index (χ1n) is 8.13. The van der Waals surface area contributed by atoms with E-state index in [4.69, 9.17) is 18.9 Å². The predicted molar refractivity (Wildman–Crippen MR) is 97.8 cm³/mol. The molecule has 1 heterocycles. The highest BCUT2D eigenvalue weighted by Gasteiger charge is 2.28. The third-order valence-corrected chi connectivity index (χ3v) is 3.76. The van der Waals surface area contributed by atoms with Crippen molar-refractivity contribution >= 4 is 17.9 Å². The van der Waals surface area contributed by atoms with Crippen LogP contribution in [-0.4, -0.2) is 32.7 Å². The van der Waals surface area contributed by atoms with E-state index in [-0.39, 0.29) is 11.6 Å². The lowest BCUT2D eigenvalue weighted by Gasteiger charge is -2.11. The largest absolute Gasteiger partial charge is 0.496 e. The molecule has 0 bridgehead atoms. The van der Waals surface area contributed by atoms with Crippen LogP contribution in [0.4, 0.5) is 0 Å².